The molecule has 0 aliphatic carbocycles. The van der Waals surface area contributed by atoms with Crippen molar-refractivity contribution in [1.29, 1.82) is 0 Å². The summed E-state index contributed by atoms with van der Waals surface area (Å²) in [5.74, 6) is 0. The van der Waals surface area contributed by atoms with Gasteiger partial charge >= 0.3 is 19.5 Å². The fourth-order valence-corrected chi connectivity index (χ4v) is 5.29. The maximum Gasteiger partial charge on any atom is 2.00 e. The van der Waals surface area contributed by atoms with Crippen molar-refractivity contribution in [2.45, 2.75) is 130 Å². The molecular weight excluding hydrogens is 576 g/mol. The van der Waals surface area contributed by atoms with Gasteiger partial charge in [-0.2, -0.15) is 0 Å². The van der Waals surface area contributed by atoms with Gasteiger partial charge in [0.25, 0.3) is 0 Å². The van der Waals surface area contributed by atoms with Crippen LogP contribution in [0.5, 0.6) is 0 Å². The molecule has 208 valence electrons. The van der Waals surface area contributed by atoms with Crippen LogP contribution in [0, 0.1) is 0 Å². The van der Waals surface area contributed by atoms with Crippen LogP contribution in [0.25, 0.3) is 0 Å². The molecule has 0 bridgehead atoms. The molecule has 0 saturated heterocycles. The molecule has 0 rings (SSSR count). The van der Waals surface area contributed by atoms with Gasteiger partial charge in [0.15, 0.2) is 0 Å². The molecule has 2 unspecified atom stereocenters. The molecule has 0 N–H and O–H groups in total. The second-order valence-corrected chi connectivity index (χ2v) is 14.0. The summed E-state index contributed by atoms with van der Waals surface area (Å²) in [5, 5.41) is 0. The van der Waals surface area contributed by atoms with Crippen molar-refractivity contribution in [1.82, 2.24) is 0 Å². The van der Waals surface area contributed by atoms with Crippen LogP contribution < -0.4 is 9.79 Å². The number of rotatable bonds is 24. The molecule has 0 radical (unpaired) electrons. The van der Waals surface area contributed by atoms with Gasteiger partial charge in [0, 0.05) is 0 Å². The summed E-state index contributed by atoms with van der Waals surface area (Å²) < 4.78 is 20.4. The predicted octanol–water partition coefficient (Wildman–Crippen LogP) is 7.53. The van der Waals surface area contributed by atoms with E-state index in [9.17, 15) is 9.79 Å². The van der Waals surface area contributed by atoms with Gasteiger partial charge in [-0.05, 0) is 25.7 Å². The van der Waals surface area contributed by atoms with E-state index in [0.29, 0.717) is 26.4 Å². The average Bonchev–Trinajstić information content (AvgIpc) is 2.78. The summed E-state index contributed by atoms with van der Waals surface area (Å²) in [6.45, 7) is 3.89. The summed E-state index contributed by atoms with van der Waals surface area (Å²) in [6.07, 6.45) is 17.9. The minimum Gasteiger partial charge on any atom is -0.780 e. The minimum absolute atomic E-state index is 0. The van der Waals surface area contributed by atoms with Crippen LogP contribution in [0.4, 0.5) is 0 Å². The Hall–Kier alpha value is 1.68. The smallest absolute Gasteiger partial charge is 0.780 e. The van der Waals surface area contributed by atoms with Crippen molar-refractivity contribution in [3.05, 3.63) is 0 Å². The second-order valence-electron chi connectivity index (χ2n) is 8.47. The van der Waals surface area contributed by atoms with Gasteiger partial charge in [-0.25, -0.2) is 0 Å². The molecule has 35 heavy (non-hydrogen) atoms. The van der Waals surface area contributed by atoms with Crippen LogP contribution in [-0.4, -0.2) is 26.4 Å². The van der Waals surface area contributed by atoms with Crippen molar-refractivity contribution in [3.8, 4) is 0 Å². The van der Waals surface area contributed by atoms with Crippen LogP contribution in [0.2, 0.25) is 0 Å². The van der Waals surface area contributed by atoms with E-state index in [0.717, 1.165) is 51.4 Å². The van der Waals surface area contributed by atoms with Gasteiger partial charge in [-0.1, -0.05) is 128 Å². The minimum atomic E-state index is -3.20. The predicted molar refractivity (Wildman–Crippen MR) is 149 cm³/mol. The summed E-state index contributed by atoms with van der Waals surface area (Å²) in [7, 11) is 0. The van der Waals surface area contributed by atoms with Crippen LogP contribution >= 0.6 is 13.4 Å². The zero-order valence-electron chi connectivity index (χ0n) is 23.0. The molecule has 6 nitrogen and oxygen atoms in total. The van der Waals surface area contributed by atoms with Gasteiger partial charge in [0.05, 0.1) is 26.4 Å². The Labute approximate surface area is 240 Å². The Bertz CT molecular complexity index is 474. The van der Waals surface area contributed by atoms with Crippen LogP contribution in [0.15, 0.2) is 0 Å². The molecule has 0 spiro atoms. The molecule has 0 aromatic rings. The second kappa shape index (κ2) is 30.2. The SMILES string of the molecule is CCCCCCCCOP([O-])(=S)OCCCC.CCCCCCCCOP([O-])(=S)OCCCC.[Zn+2]. The van der Waals surface area contributed by atoms with Crippen LogP contribution in [0.1, 0.15) is 130 Å². The van der Waals surface area contributed by atoms with Gasteiger partial charge < -0.3 is 27.9 Å². The van der Waals surface area contributed by atoms with Gasteiger partial charge in [-0.3, -0.25) is 0 Å². The summed E-state index contributed by atoms with van der Waals surface area (Å²) in [6, 6.07) is 0. The molecule has 2 atom stereocenters. The van der Waals surface area contributed by atoms with E-state index < -0.39 is 13.4 Å². The van der Waals surface area contributed by atoms with Crippen molar-refractivity contribution in [2.24, 2.45) is 0 Å². The Kier molecular flexibility index (Phi) is 35.6. The normalized spacial score (nSPS) is 14.3. The standard InChI is InChI=1S/2C12H27O3PS.Zn/c2*1-3-5-7-8-9-10-12-15-16(13,17)14-11-6-4-2;/h2*3-12H2,1-2H3,(H,13,17);/q;;+2/p-2. The molecule has 0 aromatic heterocycles. The third-order valence-electron chi connectivity index (χ3n) is 4.99. The maximum atomic E-state index is 11.6. The molecule has 0 heterocycles. The van der Waals surface area contributed by atoms with Gasteiger partial charge in [-0.15, -0.1) is 0 Å². The Morgan fingerprint density at radius 3 is 0.943 bits per heavy atom. The third-order valence-corrected chi connectivity index (χ3v) is 8.25. The average molecular weight is 628 g/mol. The molecule has 0 aliphatic rings. The third kappa shape index (κ3) is 35.7. The van der Waals surface area contributed by atoms with Gasteiger partial charge in [0.1, 0.15) is 13.4 Å². The van der Waals surface area contributed by atoms with E-state index in [1.54, 1.807) is 0 Å². The van der Waals surface area contributed by atoms with Crippen molar-refractivity contribution >= 4 is 37.1 Å². The molecule has 0 fully saturated rings. The van der Waals surface area contributed by atoms with Crippen molar-refractivity contribution < 1.29 is 47.4 Å². The fraction of sp³-hybridized carbons (Fsp3) is 1.00. The number of hydrogen-bond acceptors (Lipinski definition) is 8. The molecule has 0 saturated carbocycles. The van der Waals surface area contributed by atoms with Crippen LogP contribution in [-0.2, 0) is 61.2 Å². The molecule has 0 aliphatic heterocycles. The van der Waals surface area contributed by atoms with E-state index in [2.05, 4.69) is 27.7 Å². The van der Waals surface area contributed by atoms with E-state index >= 15 is 0 Å². The Morgan fingerprint density at radius 1 is 0.429 bits per heavy atom. The van der Waals surface area contributed by atoms with E-state index in [-0.39, 0.29) is 19.5 Å². The monoisotopic (exact) mass is 626 g/mol. The zero-order valence-corrected chi connectivity index (χ0v) is 29.4. The first-order valence-electron chi connectivity index (χ1n) is 13.4. The quantitative estimate of drug-likeness (QED) is 0.0617. The van der Waals surface area contributed by atoms with E-state index in [4.69, 9.17) is 41.7 Å². The largest absolute Gasteiger partial charge is 2.00 e. The van der Waals surface area contributed by atoms with Gasteiger partial charge in [0.2, 0.25) is 0 Å². The summed E-state index contributed by atoms with van der Waals surface area (Å²) >= 11 is 9.57. The first kappa shape index (κ1) is 41.2. The molecular formula is C24H52O6P2S2Zn. The van der Waals surface area contributed by atoms with E-state index in [1.165, 1.54) is 51.4 Å². The van der Waals surface area contributed by atoms with E-state index in [1.807, 2.05) is 0 Å². The van der Waals surface area contributed by atoms with Crippen molar-refractivity contribution in [2.75, 3.05) is 26.4 Å². The maximum absolute atomic E-state index is 11.6. The summed E-state index contributed by atoms with van der Waals surface area (Å²) in [5.41, 5.74) is 0. The first-order valence-corrected chi connectivity index (χ1v) is 18.6. The van der Waals surface area contributed by atoms with Crippen molar-refractivity contribution in [3.63, 3.8) is 0 Å². The Balaban J connectivity index is -0.000000569. The topological polar surface area (TPSA) is 83.0 Å². The first-order chi connectivity index (χ1) is 16.2. The molecule has 0 aromatic carbocycles. The molecule has 0 amide bonds. The molecule has 11 heteroatoms. The van der Waals surface area contributed by atoms with Crippen LogP contribution in [0.3, 0.4) is 0 Å². The number of unbranched alkanes of at least 4 members (excludes halogenated alkanes) is 12. The Morgan fingerprint density at radius 2 is 0.657 bits per heavy atom. The number of hydrogen-bond donors (Lipinski definition) is 0. The summed E-state index contributed by atoms with van der Waals surface area (Å²) in [4.78, 5) is 23.2. The zero-order chi connectivity index (χ0) is 26.0. The fourth-order valence-electron chi connectivity index (χ4n) is 2.83.